The lowest BCUT2D eigenvalue weighted by atomic mass is 9.92. The zero-order valence-electron chi connectivity index (χ0n) is 12.1. The van der Waals surface area contributed by atoms with E-state index < -0.39 is 17.3 Å². The number of anilines is 1. The first-order valence-corrected chi connectivity index (χ1v) is 6.99. The van der Waals surface area contributed by atoms with Gasteiger partial charge in [0.05, 0.1) is 0 Å². The zero-order chi connectivity index (χ0) is 15.2. The highest BCUT2D eigenvalue weighted by Crippen LogP contribution is 2.35. The molecule has 0 aromatic heterocycles. The van der Waals surface area contributed by atoms with Gasteiger partial charge in [0, 0.05) is 11.1 Å². The van der Waals surface area contributed by atoms with Crippen LogP contribution in [0, 0.1) is 5.41 Å². The van der Waals surface area contributed by atoms with Crippen molar-refractivity contribution in [3.63, 3.8) is 0 Å². The molecule has 108 valence electrons. The van der Waals surface area contributed by atoms with Gasteiger partial charge in [-0.2, -0.15) is 0 Å². The minimum Gasteiger partial charge on any atom is -0.480 e. The van der Waals surface area contributed by atoms with Crippen molar-refractivity contribution in [1.82, 2.24) is 0 Å². The van der Waals surface area contributed by atoms with Gasteiger partial charge in [-0.3, -0.25) is 9.59 Å². The molecule has 0 aliphatic heterocycles. The molecule has 2 aromatic rings. The molecule has 0 bridgehead atoms. The zero-order valence-corrected chi connectivity index (χ0v) is 12.1. The molecule has 1 aliphatic carbocycles. The summed E-state index contributed by atoms with van der Waals surface area (Å²) >= 11 is 0. The van der Waals surface area contributed by atoms with Crippen molar-refractivity contribution < 1.29 is 14.7 Å². The number of hydrogen-bond acceptors (Lipinski definition) is 2. The standard InChI is InChI=1S/C17H17NO3/c1-17(2,16(20)21)15(19)18-13-9-8-11-7-6-10-4-3-5-12(13)14(10)11/h3-5,8-9H,6-7H2,1-2H3,(H,18,19)(H,20,21). The Labute approximate surface area is 122 Å². The molecule has 2 N–H and O–H groups in total. The summed E-state index contributed by atoms with van der Waals surface area (Å²) in [5, 5.41) is 14.1. The number of carbonyl (C=O) groups excluding carboxylic acids is 1. The average Bonchev–Trinajstić information content (AvgIpc) is 2.86. The van der Waals surface area contributed by atoms with Gasteiger partial charge in [0.1, 0.15) is 5.41 Å². The summed E-state index contributed by atoms with van der Waals surface area (Å²) in [5.41, 5.74) is 1.80. The molecule has 3 rings (SSSR count). The van der Waals surface area contributed by atoms with Gasteiger partial charge in [-0.1, -0.05) is 24.3 Å². The summed E-state index contributed by atoms with van der Waals surface area (Å²) < 4.78 is 0. The molecule has 4 nitrogen and oxygen atoms in total. The predicted octanol–water partition coefficient (Wildman–Crippen LogP) is 2.99. The Morgan fingerprint density at radius 3 is 2.43 bits per heavy atom. The quantitative estimate of drug-likeness (QED) is 0.851. The number of aliphatic carboxylic acids is 1. The van der Waals surface area contributed by atoms with Crippen molar-refractivity contribution in [2.75, 3.05) is 5.32 Å². The van der Waals surface area contributed by atoms with Gasteiger partial charge in [0.25, 0.3) is 0 Å². The third kappa shape index (κ3) is 2.07. The second kappa shape index (κ2) is 4.58. The van der Waals surface area contributed by atoms with E-state index in [1.165, 1.54) is 30.4 Å². The Balaban J connectivity index is 2.04. The monoisotopic (exact) mass is 283 g/mol. The molecule has 4 heteroatoms. The van der Waals surface area contributed by atoms with Crippen LogP contribution >= 0.6 is 0 Å². The van der Waals surface area contributed by atoms with Crippen molar-refractivity contribution >= 4 is 28.3 Å². The summed E-state index contributed by atoms with van der Waals surface area (Å²) in [7, 11) is 0. The van der Waals surface area contributed by atoms with Crippen molar-refractivity contribution in [3.05, 3.63) is 41.5 Å². The summed E-state index contributed by atoms with van der Waals surface area (Å²) in [4.78, 5) is 23.4. The maximum atomic E-state index is 12.2. The van der Waals surface area contributed by atoms with Crippen LogP contribution in [0.1, 0.15) is 25.0 Å². The first-order chi connectivity index (χ1) is 9.91. The van der Waals surface area contributed by atoms with Crippen molar-refractivity contribution in [1.29, 1.82) is 0 Å². The first kappa shape index (κ1) is 13.6. The van der Waals surface area contributed by atoms with Gasteiger partial charge >= 0.3 is 5.97 Å². The van der Waals surface area contributed by atoms with Gasteiger partial charge in [-0.15, -0.1) is 0 Å². The van der Waals surface area contributed by atoms with Crippen LogP contribution in [0.2, 0.25) is 0 Å². The van der Waals surface area contributed by atoms with Crippen molar-refractivity contribution in [2.24, 2.45) is 5.41 Å². The van der Waals surface area contributed by atoms with E-state index in [0.717, 1.165) is 18.2 Å². The van der Waals surface area contributed by atoms with Crippen LogP contribution in [-0.4, -0.2) is 17.0 Å². The molecule has 21 heavy (non-hydrogen) atoms. The maximum Gasteiger partial charge on any atom is 0.318 e. The first-order valence-electron chi connectivity index (χ1n) is 6.99. The van der Waals surface area contributed by atoms with Crippen LogP contribution < -0.4 is 5.32 Å². The van der Waals surface area contributed by atoms with Gasteiger partial charge < -0.3 is 10.4 Å². The molecule has 0 saturated carbocycles. The topological polar surface area (TPSA) is 66.4 Å². The van der Waals surface area contributed by atoms with Crippen molar-refractivity contribution in [3.8, 4) is 0 Å². The highest BCUT2D eigenvalue weighted by molar-refractivity contribution is 6.11. The van der Waals surface area contributed by atoms with Gasteiger partial charge in [-0.25, -0.2) is 0 Å². The molecule has 0 radical (unpaired) electrons. The van der Waals surface area contributed by atoms with Gasteiger partial charge in [0.15, 0.2) is 0 Å². The highest BCUT2D eigenvalue weighted by atomic mass is 16.4. The number of hydrogen-bond donors (Lipinski definition) is 2. The molecular weight excluding hydrogens is 266 g/mol. The van der Waals surface area contributed by atoms with Crippen LogP contribution in [-0.2, 0) is 22.4 Å². The predicted molar refractivity (Wildman–Crippen MR) is 81.4 cm³/mol. The Kier molecular flexibility index (Phi) is 2.97. The number of rotatable bonds is 3. The summed E-state index contributed by atoms with van der Waals surface area (Å²) in [6.45, 7) is 2.81. The van der Waals surface area contributed by atoms with Gasteiger partial charge in [-0.05, 0) is 49.3 Å². The summed E-state index contributed by atoms with van der Waals surface area (Å²) in [5.74, 6) is -1.64. The lowest BCUT2D eigenvalue weighted by Crippen LogP contribution is -2.37. The number of carboxylic acid groups (broad SMARTS) is 1. The van der Waals surface area contributed by atoms with Crippen molar-refractivity contribution in [2.45, 2.75) is 26.7 Å². The molecule has 0 atom stereocenters. The minimum atomic E-state index is -1.46. The molecule has 0 heterocycles. The fourth-order valence-corrected chi connectivity index (χ4v) is 2.73. The summed E-state index contributed by atoms with van der Waals surface area (Å²) in [6.07, 6.45) is 2.04. The molecule has 1 amide bonds. The molecule has 0 unspecified atom stereocenters. The number of benzene rings is 2. The molecule has 2 aromatic carbocycles. The number of nitrogens with one attached hydrogen (secondary N) is 1. The van der Waals surface area contributed by atoms with E-state index in [2.05, 4.69) is 11.4 Å². The van der Waals surface area contributed by atoms with Crippen LogP contribution in [0.15, 0.2) is 30.3 Å². The Morgan fingerprint density at radius 1 is 1.10 bits per heavy atom. The Morgan fingerprint density at radius 2 is 1.76 bits per heavy atom. The second-order valence-electron chi connectivity index (χ2n) is 6.00. The van der Waals surface area contributed by atoms with E-state index in [9.17, 15) is 9.59 Å². The number of aryl methyl sites for hydroxylation is 2. The lowest BCUT2D eigenvalue weighted by molar-refractivity contribution is -0.151. The number of amides is 1. The van der Waals surface area contributed by atoms with E-state index in [-0.39, 0.29) is 0 Å². The molecule has 1 aliphatic rings. The second-order valence-corrected chi connectivity index (χ2v) is 6.00. The fourth-order valence-electron chi connectivity index (χ4n) is 2.73. The largest absolute Gasteiger partial charge is 0.480 e. The molecule has 0 fully saturated rings. The molecule has 0 spiro atoms. The third-order valence-corrected chi connectivity index (χ3v) is 4.23. The van der Waals surface area contributed by atoms with E-state index >= 15 is 0 Å². The van der Waals surface area contributed by atoms with Crippen LogP contribution in [0.5, 0.6) is 0 Å². The Bertz CT molecular complexity index is 752. The van der Waals surface area contributed by atoms with E-state index in [1.54, 1.807) is 0 Å². The smallest absolute Gasteiger partial charge is 0.318 e. The van der Waals surface area contributed by atoms with Gasteiger partial charge in [0.2, 0.25) is 5.91 Å². The molecule has 0 saturated heterocycles. The Hall–Kier alpha value is -2.36. The SMILES string of the molecule is CC(C)(C(=O)O)C(=O)Nc1ccc2c3c(cccc13)CC2. The number of carbonyl (C=O) groups is 2. The van der Waals surface area contributed by atoms with E-state index in [1.807, 2.05) is 24.3 Å². The van der Waals surface area contributed by atoms with Crippen LogP contribution in [0.3, 0.4) is 0 Å². The summed E-state index contributed by atoms with van der Waals surface area (Å²) in [6, 6.07) is 9.93. The minimum absolute atomic E-state index is 0.506. The normalized spacial score (nSPS) is 13.4. The van der Waals surface area contributed by atoms with E-state index in [0.29, 0.717) is 5.69 Å². The average molecular weight is 283 g/mol. The van der Waals surface area contributed by atoms with Crippen LogP contribution in [0.25, 0.3) is 10.8 Å². The number of carboxylic acids is 1. The highest BCUT2D eigenvalue weighted by Gasteiger charge is 2.36. The maximum absolute atomic E-state index is 12.2. The molecular formula is C17H17NO3. The van der Waals surface area contributed by atoms with Crippen LogP contribution in [0.4, 0.5) is 5.69 Å². The van der Waals surface area contributed by atoms with E-state index in [4.69, 9.17) is 5.11 Å². The third-order valence-electron chi connectivity index (χ3n) is 4.23. The fraction of sp³-hybridized carbons (Fsp3) is 0.294. The lowest BCUT2D eigenvalue weighted by Gasteiger charge is -2.19.